The quantitative estimate of drug-likeness (QED) is 0.698. The summed E-state index contributed by atoms with van der Waals surface area (Å²) >= 11 is 0. The van der Waals surface area contributed by atoms with Crippen LogP contribution < -0.4 is 4.74 Å². The summed E-state index contributed by atoms with van der Waals surface area (Å²) in [4.78, 5) is 12.7. The highest BCUT2D eigenvalue weighted by molar-refractivity contribution is 5.66. The molecule has 0 bridgehead atoms. The lowest BCUT2D eigenvalue weighted by atomic mass is 10.2. The molecule has 0 aromatic carbocycles. The second kappa shape index (κ2) is 4.31. The molecule has 0 aliphatic carbocycles. The van der Waals surface area contributed by atoms with Gasteiger partial charge in [-0.2, -0.15) is 10.1 Å². The molecule has 6 heteroatoms. The molecule has 0 aliphatic rings. The first kappa shape index (κ1) is 11.6. The van der Waals surface area contributed by atoms with Crippen molar-refractivity contribution in [3.63, 3.8) is 0 Å². The molecular formula is C13H13N5O. The molecule has 0 amide bonds. The molecule has 0 saturated heterocycles. The molecular weight excluding hydrogens is 242 g/mol. The van der Waals surface area contributed by atoms with E-state index < -0.39 is 0 Å². The van der Waals surface area contributed by atoms with Gasteiger partial charge in [0.2, 0.25) is 5.88 Å². The van der Waals surface area contributed by atoms with Crippen molar-refractivity contribution >= 4 is 5.65 Å². The number of hydrogen-bond donors (Lipinski definition) is 0. The van der Waals surface area contributed by atoms with Gasteiger partial charge in [0.25, 0.3) is 0 Å². The van der Waals surface area contributed by atoms with Crippen LogP contribution in [0.3, 0.4) is 0 Å². The number of rotatable bonds is 2. The van der Waals surface area contributed by atoms with Crippen molar-refractivity contribution in [3.8, 4) is 17.1 Å². The minimum atomic E-state index is 0.527. The summed E-state index contributed by atoms with van der Waals surface area (Å²) in [5.41, 5.74) is 3.42. The Morgan fingerprint density at radius 2 is 2.05 bits per heavy atom. The van der Waals surface area contributed by atoms with E-state index in [2.05, 4.69) is 20.1 Å². The van der Waals surface area contributed by atoms with E-state index in [1.165, 1.54) is 0 Å². The maximum Gasteiger partial charge on any atom is 0.226 e. The second-order valence-electron chi connectivity index (χ2n) is 4.25. The molecule has 0 radical (unpaired) electrons. The molecule has 0 N–H and O–H groups in total. The monoisotopic (exact) mass is 255 g/mol. The Morgan fingerprint density at radius 1 is 1.21 bits per heavy atom. The molecule has 3 rings (SSSR count). The Bertz CT molecular complexity index is 750. The SMILES string of the molecule is COc1nc(C)ncc1-c1cc(C)c2nccn2n1. The molecule has 0 fully saturated rings. The largest absolute Gasteiger partial charge is 0.480 e. The van der Waals surface area contributed by atoms with Crippen LogP contribution in [0.1, 0.15) is 11.4 Å². The van der Waals surface area contributed by atoms with Gasteiger partial charge in [-0.15, -0.1) is 0 Å². The van der Waals surface area contributed by atoms with Crippen LogP contribution in [0.25, 0.3) is 16.9 Å². The van der Waals surface area contributed by atoms with E-state index in [0.29, 0.717) is 11.7 Å². The molecule has 19 heavy (non-hydrogen) atoms. The van der Waals surface area contributed by atoms with E-state index in [0.717, 1.165) is 22.5 Å². The van der Waals surface area contributed by atoms with Crippen LogP contribution >= 0.6 is 0 Å². The fraction of sp³-hybridized carbons (Fsp3) is 0.231. The summed E-state index contributed by atoms with van der Waals surface area (Å²) in [6.45, 7) is 3.82. The fourth-order valence-corrected chi connectivity index (χ4v) is 1.99. The van der Waals surface area contributed by atoms with Crippen LogP contribution in [0.2, 0.25) is 0 Å². The maximum atomic E-state index is 5.30. The number of fused-ring (bicyclic) bond motifs is 1. The number of nitrogens with zero attached hydrogens (tertiary/aromatic N) is 5. The average Bonchev–Trinajstić information content (AvgIpc) is 2.87. The van der Waals surface area contributed by atoms with Crippen LogP contribution in [0, 0.1) is 13.8 Å². The summed E-state index contributed by atoms with van der Waals surface area (Å²) in [6, 6.07) is 1.96. The lowest BCUT2D eigenvalue weighted by Gasteiger charge is -2.08. The van der Waals surface area contributed by atoms with Crippen LogP contribution in [-0.2, 0) is 0 Å². The molecule has 96 valence electrons. The van der Waals surface area contributed by atoms with Crippen LogP contribution in [0.4, 0.5) is 0 Å². The first-order valence-corrected chi connectivity index (χ1v) is 5.88. The molecule has 0 atom stereocenters. The minimum Gasteiger partial charge on any atom is -0.480 e. The third-order valence-electron chi connectivity index (χ3n) is 2.89. The number of hydrogen-bond acceptors (Lipinski definition) is 5. The number of aryl methyl sites for hydroxylation is 2. The number of aromatic nitrogens is 5. The van der Waals surface area contributed by atoms with Gasteiger partial charge < -0.3 is 4.74 Å². The smallest absolute Gasteiger partial charge is 0.226 e. The van der Waals surface area contributed by atoms with Gasteiger partial charge in [-0.25, -0.2) is 14.5 Å². The molecule has 6 nitrogen and oxygen atoms in total. The first-order valence-electron chi connectivity index (χ1n) is 5.88. The standard InChI is InChI=1S/C13H13N5O/c1-8-6-11(17-18-5-4-14-12(8)18)10-7-15-9(2)16-13(10)19-3/h4-7H,1-3H3. The Labute approximate surface area is 110 Å². The van der Waals surface area contributed by atoms with Crippen molar-refractivity contribution in [2.75, 3.05) is 7.11 Å². The fourth-order valence-electron chi connectivity index (χ4n) is 1.99. The molecule has 3 aromatic heterocycles. The topological polar surface area (TPSA) is 65.2 Å². The highest BCUT2D eigenvalue weighted by atomic mass is 16.5. The summed E-state index contributed by atoms with van der Waals surface area (Å²) < 4.78 is 7.04. The molecule has 3 aromatic rings. The van der Waals surface area contributed by atoms with Crippen molar-refractivity contribution < 1.29 is 4.74 Å². The van der Waals surface area contributed by atoms with Crippen molar-refractivity contribution in [1.82, 2.24) is 24.6 Å². The van der Waals surface area contributed by atoms with Gasteiger partial charge in [-0.05, 0) is 25.5 Å². The Kier molecular flexibility index (Phi) is 2.63. The van der Waals surface area contributed by atoms with Crippen molar-refractivity contribution in [3.05, 3.63) is 36.0 Å². The minimum absolute atomic E-state index is 0.527. The maximum absolute atomic E-state index is 5.30. The van der Waals surface area contributed by atoms with Crippen LogP contribution in [0.15, 0.2) is 24.7 Å². The predicted octanol–water partition coefficient (Wildman–Crippen LogP) is 1.81. The summed E-state index contributed by atoms with van der Waals surface area (Å²) in [5.74, 6) is 1.19. The van der Waals surface area contributed by atoms with E-state index in [1.807, 2.05) is 26.1 Å². The highest BCUT2D eigenvalue weighted by Gasteiger charge is 2.12. The Morgan fingerprint density at radius 3 is 2.84 bits per heavy atom. The van der Waals surface area contributed by atoms with Gasteiger partial charge in [-0.3, -0.25) is 0 Å². The lowest BCUT2D eigenvalue weighted by molar-refractivity contribution is 0.397. The molecule has 0 spiro atoms. The average molecular weight is 255 g/mol. The highest BCUT2D eigenvalue weighted by Crippen LogP contribution is 2.26. The first-order chi connectivity index (χ1) is 9.19. The zero-order chi connectivity index (χ0) is 13.4. The number of imidazole rings is 1. The summed E-state index contributed by atoms with van der Waals surface area (Å²) in [7, 11) is 1.59. The third kappa shape index (κ3) is 1.91. The molecule has 0 saturated carbocycles. The Hall–Kier alpha value is -2.50. The lowest BCUT2D eigenvalue weighted by Crippen LogP contribution is -2.01. The van der Waals surface area contributed by atoms with Gasteiger partial charge in [0.1, 0.15) is 5.82 Å². The van der Waals surface area contributed by atoms with Crippen molar-refractivity contribution in [1.29, 1.82) is 0 Å². The summed E-state index contributed by atoms with van der Waals surface area (Å²) in [6.07, 6.45) is 5.26. The van der Waals surface area contributed by atoms with Crippen LogP contribution in [-0.4, -0.2) is 31.7 Å². The molecule has 0 unspecified atom stereocenters. The summed E-state index contributed by atoms with van der Waals surface area (Å²) in [5, 5.41) is 4.50. The number of methoxy groups -OCH3 is 1. The van der Waals surface area contributed by atoms with E-state index in [1.54, 1.807) is 24.0 Å². The van der Waals surface area contributed by atoms with E-state index in [4.69, 9.17) is 4.74 Å². The molecule has 0 aliphatic heterocycles. The van der Waals surface area contributed by atoms with Gasteiger partial charge in [0.05, 0.1) is 18.4 Å². The normalized spacial score (nSPS) is 10.9. The zero-order valence-corrected chi connectivity index (χ0v) is 11.0. The predicted molar refractivity (Wildman–Crippen MR) is 70.0 cm³/mol. The van der Waals surface area contributed by atoms with Gasteiger partial charge >= 0.3 is 0 Å². The van der Waals surface area contributed by atoms with Gasteiger partial charge in [0.15, 0.2) is 5.65 Å². The molecule has 3 heterocycles. The second-order valence-corrected chi connectivity index (χ2v) is 4.25. The van der Waals surface area contributed by atoms with E-state index in [9.17, 15) is 0 Å². The van der Waals surface area contributed by atoms with Gasteiger partial charge in [-0.1, -0.05) is 0 Å². The Balaban J connectivity index is 2.23. The van der Waals surface area contributed by atoms with Gasteiger partial charge in [0, 0.05) is 18.6 Å². The third-order valence-corrected chi connectivity index (χ3v) is 2.89. The zero-order valence-electron chi connectivity index (χ0n) is 11.0. The van der Waals surface area contributed by atoms with Crippen molar-refractivity contribution in [2.24, 2.45) is 0 Å². The van der Waals surface area contributed by atoms with E-state index in [-0.39, 0.29) is 0 Å². The number of ether oxygens (including phenoxy) is 1. The van der Waals surface area contributed by atoms with Crippen molar-refractivity contribution in [2.45, 2.75) is 13.8 Å². The van der Waals surface area contributed by atoms with Crippen LogP contribution in [0.5, 0.6) is 5.88 Å². The van der Waals surface area contributed by atoms with E-state index >= 15 is 0 Å².